The van der Waals surface area contributed by atoms with E-state index in [9.17, 15) is 0 Å². The van der Waals surface area contributed by atoms with Crippen LogP contribution in [0.4, 0.5) is 0 Å². The molecule has 0 aliphatic carbocycles. The predicted molar refractivity (Wildman–Crippen MR) is 38.2 cm³/mol. The summed E-state index contributed by atoms with van der Waals surface area (Å²) >= 11 is 0. The van der Waals surface area contributed by atoms with Gasteiger partial charge in [-0.25, -0.2) is 0 Å². The lowest BCUT2D eigenvalue weighted by Gasteiger charge is -2.17. The van der Waals surface area contributed by atoms with Gasteiger partial charge >= 0.3 is 0 Å². The van der Waals surface area contributed by atoms with Crippen LogP contribution in [0, 0.1) is 0 Å². The van der Waals surface area contributed by atoms with E-state index in [2.05, 4.69) is 6.92 Å². The fourth-order valence-corrected chi connectivity index (χ4v) is 0.775. The minimum Gasteiger partial charge on any atom is -0.342 e. The van der Waals surface area contributed by atoms with Crippen LogP contribution in [0.3, 0.4) is 0 Å². The Kier molecular flexibility index (Phi) is 3.54. The van der Waals surface area contributed by atoms with E-state index in [1.807, 2.05) is 13.8 Å². The van der Waals surface area contributed by atoms with E-state index < -0.39 is 5.72 Å². The molecular formula is C5H14NOP. The largest absolute Gasteiger partial charge is 0.342 e. The molecule has 50 valence electrons. The standard InChI is InChI=1S/C5H14NOP/c1-4-8-7-5(2,3)6/h8H,4,6H2,1-3H3. The zero-order valence-corrected chi connectivity index (χ0v) is 6.69. The van der Waals surface area contributed by atoms with Gasteiger partial charge in [-0.1, -0.05) is 6.92 Å². The SMILES string of the molecule is CCPOC(C)(C)N. The van der Waals surface area contributed by atoms with Crippen LogP contribution < -0.4 is 5.73 Å². The molecule has 0 spiro atoms. The second-order valence-corrected chi connectivity index (χ2v) is 3.40. The highest BCUT2D eigenvalue weighted by atomic mass is 31.1. The summed E-state index contributed by atoms with van der Waals surface area (Å²) in [6.45, 7) is 5.79. The molecular weight excluding hydrogens is 121 g/mol. The molecule has 0 amide bonds. The van der Waals surface area contributed by atoms with Crippen LogP contribution in [0.5, 0.6) is 0 Å². The smallest absolute Gasteiger partial charge is 0.114 e. The molecule has 0 aliphatic rings. The van der Waals surface area contributed by atoms with Gasteiger partial charge in [0.15, 0.2) is 0 Å². The minimum atomic E-state index is -0.436. The Hall–Kier alpha value is 0.350. The number of rotatable bonds is 3. The molecule has 0 fully saturated rings. The first kappa shape index (κ1) is 8.35. The van der Waals surface area contributed by atoms with Crippen molar-refractivity contribution in [1.82, 2.24) is 0 Å². The molecule has 0 aromatic carbocycles. The molecule has 0 rings (SSSR count). The third-order valence-corrected chi connectivity index (χ3v) is 1.44. The zero-order valence-electron chi connectivity index (χ0n) is 5.69. The van der Waals surface area contributed by atoms with Crippen molar-refractivity contribution in [3.05, 3.63) is 0 Å². The van der Waals surface area contributed by atoms with Gasteiger partial charge in [0.1, 0.15) is 5.72 Å². The molecule has 0 aromatic rings. The van der Waals surface area contributed by atoms with Gasteiger partial charge < -0.3 is 10.3 Å². The van der Waals surface area contributed by atoms with Crippen LogP contribution in [-0.2, 0) is 4.52 Å². The Balaban J connectivity index is 3.11. The van der Waals surface area contributed by atoms with Crippen molar-refractivity contribution in [2.24, 2.45) is 5.73 Å². The van der Waals surface area contributed by atoms with E-state index >= 15 is 0 Å². The molecule has 0 radical (unpaired) electrons. The van der Waals surface area contributed by atoms with Crippen molar-refractivity contribution >= 4 is 8.81 Å². The summed E-state index contributed by atoms with van der Waals surface area (Å²) in [5.74, 6) is 0. The Morgan fingerprint density at radius 3 is 2.25 bits per heavy atom. The summed E-state index contributed by atoms with van der Waals surface area (Å²) in [5.41, 5.74) is 5.07. The van der Waals surface area contributed by atoms with Crippen molar-refractivity contribution in [1.29, 1.82) is 0 Å². The molecule has 3 heteroatoms. The van der Waals surface area contributed by atoms with E-state index in [0.717, 1.165) is 6.16 Å². The average molecular weight is 135 g/mol. The average Bonchev–Trinajstić information content (AvgIpc) is 1.59. The van der Waals surface area contributed by atoms with Crippen molar-refractivity contribution in [2.75, 3.05) is 6.16 Å². The molecule has 1 unspecified atom stereocenters. The van der Waals surface area contributed by atoms with Crippen molar-refractivity contribution in [3.8, 4) is 0 Å². The van der Waals surface area contributed by atoms with E-state index in [1.54, 1.807) is 0 Å². The Bertz CT molecular complexity index is 59.9. The maximum absolute atomic E-state index is 5.51. The second-order valence-electron chi connectivity index (χ2n) is 2.20. The van der Waals surface area contributed by atoms with Gasteiger partial charge in [-0.3, -0.25) is 0 Å². The van der Waals surface area contributed by atoms with Crippen molar-refractivity contribution in [2.45, 2.75) is 26.5 Å². The maximum Gasteiger partial charge on any atom is 0.114 e. The molecule has 0 heterocycles. The van der Waals surface area contributed by atoms with Crippen LogP contribution >= 0.6 is 8.81 Å². The molecule has 0 aliphatic heterocycles. The fourth-order valence-electron chi connectivity index (χ4n) is 0.258. The Morgan fingerprint density at radius 2 is 2.12 bits per heavy atom. The van der Waals surface area contributed by atoms with E-state index in [0.29, 0.717) is 8.81 Å². The molecule has 0 aromatic heterocycles. The summed E-state index contributed by atoms with van der Waals surface area (Å²) < 4.78 is 5.18. The van der Waals surface area contributed by atoms with E-state index in [4.69, 9.17) is 10.3 Å². The lowest BCUT2D eigenvalue weighted by atomic mass is 10.4. The summed E-state index contributed by atoms with van der Waals surface area (Å²) in [4.78, 5) is 0. The zero-order chi connectivity index (χ0) is 6.62. The van der Waals surface area contributed by atoms with Gasteiger partial charge in [-0.05, 0) is 20.0 Å². The normalized spacial score (nSPS) is 13.5. The number of nitrogens with two attached hydrogens (primary N) is 1. The van der Waals surface area contributed by atoms with Gasteiger partial charge in [0.05, 0.1) is 0 Å². The first-order valence-corrected chi connectivity index (χ1v) is 3.87. The van der Waals surface area contributed by atoms with Gasteiger partial charge in [-0.15, -0.1) is 0 Å². The molecule has 8 heavy (non-hydrogen) atoms. The second kappa shape index (κ2) is 3.39. The van der Waals surface area contributed by atoms with Crippen LogP contribution in [0.25, 0.3) is 0 Å². The number of hydrogen-bond donors (Lipinski definition) is 1. The summed E-state index contributed by atoms with van der Waals surface area (Å²) in [6, 6.07) is 0. The molecule has 0 saturated carbocycles. The molecule has 2 nitrogen and oxygen atoms in total. The van der Waals surface area contributed by atoms with Crippen molar-refractivity contribution in [3.63, 3.8) is 0 Å². The Morgan fingerprint density at radius 1 is 1.62 bits per heavy atom. The van der Waals surface area contributed by atoms with Gasteiger partial charge in [-0.2, -0.15) is 0 Å². The van der Waals surface area contributed by atoms with Gasteiger partial charge in [0, 0.05) is 8.81 Å². The highest BCUT2D eigenvalue weighted by Crippen LogP contribution is 2.17. The predicted octanol–water partition coefficient (Wildman–Crippen LogP) is 1.31. The number of hydrogen-bond acceptors (Lipinski definition) is 2. The first-order valence-electron chi connectivity index (χ1n) is 2.76. The lowest BCUT2D eigenvalue weighted by Crippen LogP contribution is -2.32. The Labute approximate surface area is 52.7 Å². The van der Waals surface area contributed by atoms with Gasteiger partial charge in [0.25, 0.3) is 0 Å². The summed E-state index contributed by atoms with van der Waals surface area (Å²) in [6.07, 6.45) is 1.06. The van der Waals surface area contributed by atoms with Crippen molar-refractivity contribution < 1.29 is 4.52 Å². The summed E-state index contributed by atoms with van der Waals surface area (Å²) in [5, 5.41) is 0. The van der Waals surface area contributed by atoms with Gasteiger partial charge in [0.2, 0.25) is 0 Å². The first-order chi connectivity index (χ1) is 3.56. The lowest BCUT2D eigenvalue weighted by molar-refractivity contribution is 0.142. The maximum atomic E-state index is 5.51. The molecule has 0 bridgehead atoms. The van der Waals surface area contributed by atoms with Crippen LogP contribution in [0.2, 0.25) is 0 Å². The van der Waals surface area contributed by atoms with E-state index in [-0.39, 0.29) is 0 Å². The topological polar surface area (TPSA) is 35.2 Å². The van der Waals surface area contributed by atoms with Crippen LogP contribution in [0.1, 0.15) is 20.8 Å². The fraction of sp³-hybridized carbons (Fsp3) is 1.00. The quantitative estimate of drug-likeness (QED) is 0.467. The molecule has 2 N–H and O–H groups in total. The van der Waals surface area contributed by atoms with Crippen LogP contribution in [-0.4, -0.2) is 11.9 Å². The van der Waals surface area contributed by atoms with E-state index in [1.165, 1.54) is 0 Å². The molecule has 1 atom stereocenters. The third-order valence-electron chi connectivity index (χ3n) is 0.480. The highest BCUT2D eigenvalue weighted by molar-refractivity contribution is 7.32. The third kappa shape index (κ3) is 6.35. The minimum absolute atomic E-state index is 0.436. The molecule has 0 saturated heterocycles. The highest BCUT2D eigenvalue weighted by Gasteiger charge is 2.08. The van der Waals surface area contributed by atoms with Crippen LogP contribution in [0.15, 0.2) is 0 Å². The summed E-state index contributed by atoms with van der Waals surface area (Å²) in [7, 11) is 0.541. The monoisotopic (exact) mass is 135 g/mol.